The quantitative estimate of drug-likeness (QED) is 0.832. The van der Waals surface area contributed by atoms with E-state index in [0.29, 0.717) is 0 Å². The lowest BCUT2D eigenvalue weighted by Gasteiger charge is -2.41. The van der Waals surface area contributed by atoms with Crippen molar-refractivity contribution < 1.29 is 9.90 Å². The minimum absolute atomic E-state index is 0.202. The molecule has 2 rings (SSSR count). The molecule has 20 heavy (non-hydrogen) atoms. The van der Waals surface area contributed by atoms with Gasteiger partial charge in [-0.15, -0.1) is 0 Å². The van der Waals surface area contributed by atoms with E-state index < -0.39 is 5.97 Å². The molecule has 0 unspecified atom stereocenters. The van der Waals surface area contributed by atoms with Crippen LogP contribution in [0.3, 0.4) is 0 Å². The van der Waals surface area contributed by atoms with Crippen LogP contribution in [-0.4, -0.2) is 42.2 Å². The minimum Gasteiger partial charge on any atom is -0.481 e. The Labute approximate surface area is 120 Å². The van der Waals surface area contributed by atoms with Crippen LogP contribution in [0.5, 0.6) is 0 Å². The molecule has 3 N–H and O–H groups in total. The summed E-state index contributed by atoms with van der Waals surface area (Å²) in [6.45, 7) is 3.66. The highest BCUT2D eigenvalue weighted by atomic mass is 16.4. The molecule has 1 saturated heterocycles. The zero-order valence-corrected chi connectivity index (χ0v) is 11.9. The summed E-state index contributed by atoms with van der Waals surface area (Å²) in [6, 6.07) is 10.1. The highest BCUT2D eigenvalue weighted by Crippen LogP contribution is 2.38. The summed E-state index contributed by atoms with van der Waals surface area (Å²) in [5, 5.41) is 9.27. The number of hydrogen-bond acceptors (Lipinski definition) is 3. The number of piperidine rings is 1. The number of rotatable bonds is 6. The average molecular weight is 276 g/mol. The zero-order valence-electron chi connectivity index (χ0n) is 11.9. The van der Waals surface area contributed by atoms with Gasteiger partial charge in [0.1, 0.15) is 0 Å². The van der Waals surface area contributed by atoms with Crippen LogP contribution in [0.4, 0.5) is 0 Å². The molecule has 0 radical (unpaired) electrons. The molecule has 1 aliphatic rings. The monoisotopic (exact) mass is 276 g/mol. The van der Waals surface area contributed by atoms with Gasteiger partial charge in [0.05, 0.1) is 6.42 Å². The molecule has 1 aromatic rings. The molecule has 0 amide bonds. The van der Waals surface area contributed by atoms with Gasteiger partial charge in [-0.05, 0) is 51.0 Å². The van der Waals surface area contributed by atoms with Gasteiger partial charge in [0.2, 0.25) is 0 Å². The van der Waals surface area contributed by atoms with E-state index >= 15 is 0 Å². The molecule has 1 aliphatic heterocycles. The molecule has 0 spiro atoms. The second-order valence-corrected chi connectivity index (χ2v) is 5.70. The van der Waals surface area contributed by atoms with E-state index in [2.05, 4.69) is 17.0 Å². The zero-order chi connectivity index (χ0) is 14.4. The van der Waals surface area contributed by atoms with Crippen LogP contribution in [0.15, 0.2) is 30.3 Å². The third-order valence-electron chi connectivity index (χ3n) is 4.37. The maximum atomic E-state index is 11.3. The number of carbonyl (C=O) groups is 1. The highest BCUT2D eigenvalue weighted by molar-refractivity contribution is 5.69. The summed E-state index contributed by atoms with van der Waals surface area (Å²) in [6.07, 6.45) is 3.06. The Morgan fingerprint density at radius 2 is 1.90 bits per heavy atom. The summed E-state index contributed by atoms with van der Waals surface area (Å²) in [5.41, 5.74) is 6.52. The van der Waals surface area contributed by atoms with E-state index in [0.717, 1.165) is 45.4 Å². The summed E-state index contributed by atoms with van der Waals surface area (Å²) in [5.74, 6) is -0.704. The van der Waals surface area contributed by atoms with Crippen LogP contribution >= 0.6 is 0 Å². The van der Waals surface area contributed by atoms with Crippen molar-refractivity contribution in [1.29, 1.82) is 0 Å². The molecule has 0 aromatic heterocycles. The number of nitrogens with zero attached hydrogens (tertiary/aromatic N) is 1. The van der Waals surface area contributed by atoms with Crippen molar-refractivity contribution >= 4 is 5.97 Å². The Morgan fingerprint density at radius 1 is 1.25 bits per heavy atom. The maximum Gasteiger partial charge on any atom is 0.304 e. The smallest absolute Gasteiger partial charge is 0.304 e. The van der Waals surface area contributed by atoms with Crippen LogP contribution in [0.2, 0.25) is 0 Å². The Morgan fingerprint density at radius 3 is 2.45 bits per heavy atom. The molecular weight excluding hydrogens is 252 g/mol. The van der Waals surface area contributed by atoms with Gasteiger partial charge in [-0.25, -0.2) is 0 Å². The Hall–Kier alpha value is -1.39. The average Bonchev–Trinajstić information content (AvgIpc) is 2.47. The number of aliphatic carboxylic acids is 1. The van der Waals surface area contributed by atoms with Crippen molar-refractivity contribution in [1.82, 2.24) is 4.90 Å². The van der Waals surface area contributed by atoms with Gasteiger partial charge in [-0.3, -0.25) is 4.79 Å². The molecule has 4 heteroatoms. The summed E-state index contributed by atoms with van der Waals surface area (Å²) in [4.78, 5) is 13.7. The first-order chi connectivity index (χ1) is 9.66. The fourth-order valence-electron chi connectivity index (χ4n) is 3.17. The first-order valence-electron chi connectivity index (χ1n) is 7.36. The van der Waals surface area contributed by atoms with E-state index in [1.807, 2.05) is 18.2 Å². The Kier molecular flexibility index (Phi) is 5.15. The SMILES string of the molecule is NCCCN1CCC(CC(=O)O)(c2ccccc2)CC1. The molecule has 0 atom stereocenters. The predicted molar refractivity (Wildman–Crippen MR) is 79.7 cm³/mol. The van der Waals surface area contributed by atoms with Gasteiger partial charge >= 0.3 is 5.97 Å². The fourth-order valence-corrected chi connectivity index (χ4v) is 3.17. The van der Waals surface area contributed by atoms with Gasteiger partial charge in [-0.2, -0.15) is 0 Å². The third-order valence-corrected chi connectivity index (χ3v) is 4.37. The molecule has 4 nitrogen and oxygen atoms in total. The molecule has 110 valence electrons. The number of hydrogen-bond donors (Lipinski definition) is 2. The van der Waals surface area contributed by atoms with Crippen LogP contribution in [0, 0.1) is 0 Å². The second kappa shape index (κ2) is 6.86. The lowest BCUT2D eigenvalue weighted by molar-refractivity contribution is -0.139. The number of nitrogens with two attached hydrogens (primary N) is 1. The Balaban J connectivity index is 2.09. The fraction of sp³-hybridized carbons (Fsp3) is 0.562. The summed E-state index contributed by atoms with van der Waals surface area (Å²) in [7, 11) is 0. The third kappa shape index (κ3) is 3.58. The first-order valence-corrected chi connectivity index (χ1v) is 7.36. The molecule has 0 saturated carbocycles. The van der Waals surface area contributed by atoms with Crippen LogP contribution in [0.1, 0.15) is 31.2 Å². The molecule has 0 bridgehead atoms. The lowest BCUT2D eigenvalue weighted by Crippen LogP contribution is -2.44. The molecule has 1 fully saturated rings. The summed E-state index contributed by atoms with van der Waals surface area (Å²) < 4.78 is 0. The normalized spacial score (nSPS) is 18.9. The van der Waals surface area contributed by atoms with E-state index in [9.17, 15) is 9.90 Å². The molecule has 1 heterocycles. The molecule has 0 aliphatic carbocycles. The summed E-state index contributed by atoms with van der Waals surface area (Å²) >= 11 is 0. The minimum atomic E-state index is -0.704. The number of likely N-dealkylation sites (tertiary alicyclic amines) is 1. The lowest BCUT2D eigenvalue weighted by atomic mass is 9.70. The van der Waals surface area contributed by atoms with Crippen molar-refractivity contribution in [2.24, 2.45) is 5.73 Å². The topological polar surface area (TPSA) is 66.6 Å². The van der Waals surface area contributed by atoms with Crippen molar-refractivity contribution in [2.75, 3.05) is 26.2 Å². The largest absolute Gasteiger partial charge is 0.481 e. The van der Waals surface area contributed by atoms with E-state index in [1.165, 1.54) is 5.56 Å². The highest BCUT2D eigenvalue weighted by Gasteiger charge is 2.37. The van der Waals surface area contributed by atoms with E-state index in [4.69, 9.17) is 5.73 Å². The van der Waals surface area contributed by atoms with E-state index in [-0.39, 0.29) is 11.8 Å². The van der Waals surface area contributed by atoms with Gasteiger partial charge in [0, 0.05) is 5.41 Å². The van der Waals surface area contributed by atoms with Gasteiger partial charge in [-0.1, -0.05) is 30.3 Å². The Bertz CT molecular complexity index is 425. The standard InChI is InChI=1S/C16H24N2O2/c17-9-4-10-18-11-7-16(8-12-18,13-15(19)20)14-5-2-1-3-6-14/h1-3,5-6H,4,7-13,17H2,(H,19,20). The first kappa shape index (κ1) is 15.0. The van der Waals surface area contributed by atoms with Crippen molar-refractivity contribution in [3.63, 3.8) is 0 Å². The predicted octanol–water partition coefficient (Wildman–Crippen LogP) is 1.84. The van der Waals surface area contributed by atoms with Gasteiger partial charge < -0.3 is 15.7 Å². The second-order valence-electron chi connectivity index (χ2n) is 5.70. The van der Waals surface area contributed by atoms with E-state index in [1.54, 1.807) is 0 Å². The maximum absolute atomic E-state index is 11.3. The molecule has 1 aromatic carbocycles. The van der Waals surface area contributed by atoms with Crippen LogP contribution < -0.4 is 5.73 Å². The van der Waals surface area contributed by atoms with Gasteiger partial charge in [0.15, 0.2) is 0 Å². The number of carboxylic acids is 1. The van der Waals surface area contributed by atoms with Crippen LogP contribution in [0.25, 0.3) is 0 Å². The van der Waals surface area contributed by atoms with Gasteiger partial charge in [0.25, 0.3) is 0 Å². The van der Waals surface area contributed by atoms with Crippen molar-refractivity contribution in [3.8, 4) is 0 Å². The number of benzene rings is 1. The van der Waals surface area contributed by atoms with Crippen molar-refractivity contribution in [2.45, 2.75) is 31.1 Å². The number of carboxylic acid groups (broad SMARTS) is 1. The van der Waals surface area contributed by atoms with Crippen molar-refractivity contribution in [3.05, 3.63) is 35.9 Å². The van der Waals surface area contributed by atoms with Crippen LogP contribution in [-0.2, 0) is 10.2 Å². The molecular formula is C16H24N2O2.